The molecule has 0 amide bonds. The molecule has 0 atom stereocenters. The molecular formula is C20H22Cl2N6. The van der Waals surface area contributed by atoms with Crippen LogP contribution in [0.1, 0.15) is 6.42 Å². The summed E-state index contributed by atoms with van der Waals surface area (Å²) in [5.41, 5.74) is 2.56. The standard InChI is InChI=1S/C20H22Cl2N6/c1-28(2)11-3-8-24-20-26-18(14-6-9-23-10-7-14)13-19(27-20)25-15-4-5-16(21)17(22)12-15/h4-7,9-10,12-13H,3,8,11H2,1-2H3,(H2,24,25,26,27). The molecule has 0 spiro atoms. The summed E-state index contributed by atoms with van der Waals surface area (Å²) in [5.74, 6) is 1.23. The van der Waals surface area contributed by atoms with Crippen molar-refractivity contribution in [2.24, 2.45) is 0 Å². The van der Waals surface area contributed by atoms with Crippen LogP contribution in [0.3, 0.4) is 0 Å². The number of pyridine rings is 1. The number of nitrogens with one attached hydrogen (secondary N) is 2. The Morgan fingerprint density at radius 1 is 0.964 bits per heavy atom. The minimum atomic E-state index is 0.483. The van der Waals surface area contributed by atoms with Gasteiger partial charge in [-0.2, -0.15) is 4.98 Å². The number of hydrogen-bond acceptors (Lipinski definition) is 6. The lowest BCUT2D eigenvalue weighted by Gasteiger charge is -2.13. The molecule has 0 aliphatic carbocycles. The van der Waals surface area contributed by atoms with Crippen LogP contribution in [-0.2, 0) is 0 Å². The summed E-state index contributed by atoms with van der Waals surface area (Å²) in [7, 11) is 4.11. The molecule has 0 radical (unpaired) electrons. The van der Waals surface area contributed by atoms with Gasteiger partial charge in [-0.3, -0.25) is 4.98 Å². The van der Waals surface area contributed by atoms with Crippen molar-refractivity contribution in [3.8, 4) is 11.3 Å². The predicted octanol–water partition coefficient (Wildman–Crippen LogP) is 4.95. The highest BCUT2D eigenvalue weighted by Gasteiger charge is 2.08. The zero-order valence-electron chi connectivity index (χ0n) is 15.8. The molecule has 2 heterocycles. The second-order valence-corrected chi connectivity index (χ2v) is 7.35. The summed E-state index contributed by atoms with van der Waals surface area (Å²) in [5, 5.41) is 7.57. The lowest BCUT2D eigenvalue weighted by Crippen LogP contribution is -2.17. The Balaban J connectivity index is 1.85. The summed E-state index contributed by atoms with van der Waals surface area (Å²) in [6.07, 6.45) is 4.48. The molecule has 2 N–H and O–H groups in total. The fourth-order valence-electron chi connectivity index (χ4n) is 2.58. The van der Waals surface area contributed by atoms with Crippen molar-refractivity contribution in [3.05, 3.63) is 58.8 Å². The van der Waals surface area contributed by atoms with E-state index in [1.165, 1.54) is 0 Å². The van der Waals surface area contributed by atoms with Crippen molar-refractivity contribution in [1.29, 1.82) is 0 Å². The Bertz CT molecular complexity index is 918. The second-order valence-electron chi connectivity index (χ2n) is 6.54. The van der Waals surface area contributed by atoms with Crippen LogP contribution in [0.2, 0.25) is 10.0 Å². The van der Waals surface area contributed by atoms with Crippen LogP contribution >= 0.6 is 23.2 Å². The molecule has 0 bridgehead atoms. The van der Waals surface area contributed by atoms with Gasteiger partial charge < -0.3 is 15.5 Å². The lowest BCUT2D eigenvalue weighted by atomic mass is 10.2. The maximum absolute atomic E-state index is 6.12. The molecule has 1 aromatic carbocycles. The largest absolute Gasteiger partial charge is 0.354 e. The van der Waals surface area contributed by atoms with Gasteiger partial charge in [-0.05, 0) is 57.4 Å². The Morgan fingerprint density at radius 2 is 1.75 bits per heavy atom. The molecular weight excluding hydrogens is 395 g/mol. The fourth-order valence-corrected chi connectivity index (χ4v) is 2.88. The fraction of sp³-hybridized carbons (Fsp3) is 0.250. The molecule has 0 fully saturated rings. The Morgan fingerprint density at radius 3 is 2.46 bits per heavy atom. The minimum Gasteiger partial charge on any atom is -0.354 e. The van der Waals surface area contributed by atoms with Crippen LogP contribution < -0.4 is 10.6 Å². The van der Waals surface area contributed by atoms with E-state index < -0.39 is 0 Å². The van der Waals surface area contributed by atoms with E-state index in [-0.39, 0.29) is 0 Å². The zero-order chi connectivity index (χ0) is 19.9. The monoisotopic (exact) mass is 416 g/mol. The Hall–Kier alpha value is -2.41. The number of anilines is 3. The maximum Gasteiger partial charge on any atom is 0.225 e. The molecule has 28 heavy (non-hydrogen) atoms. The first kappa shape index (κ1) is 20.3. The van der Waals surface area contributed by atoms with Crippen LogP contribution in [0.25, 0.3) is 11.3 Å². The highest BCUT2D eigenvalue weighted by Crippen LogP contribution is 2.28. The smallest absolute Gasteiger partial charge is 0.225 e. The molecule has 0 aliphatic rings. The summed E-state index contributed by atoms with van der Waals surface area (Å²) < 4.78 is 0. The quantitative estimate of drug-likeness (QED) is 0.506. The van der Waals surface area contributed by atoms with Gasteiger partial charge in [-0.1, -0.05) is 23.2 Å². The first-order valence-electron chi connectivity index (χ1n) is 8.91. The molecule has 0 saturated heterocycles. The van der Waals surface area contributed by atoms with Gasteiger partial charge in [0.25, 0.3) is 0 Å². The van der Waals surface area contributed by atoms with Gasteiger partial charge in [-0.25, -0.2) is 4.98 Å². The van der Waals surface area contributed by atoms with Crippen LogP contribution in [0.15, 0.2) is 48.8 Å². The second kappa shape index (κ2) is 9.68. The Kier molecular flexibility index (Phi) is 7.03. The van der Waals surface area contributed by atoms with Gasteiger partial charge in [0, 0.05) is 36.3 Å². The van der Waals surface area contributed by atoms with E-state index >= 15 is 0 Å². The Labute approximate surface area is 174 Å². The minimum absolute atomic E-state index is 0.483. The van der Waals surface area contributed by atoms with E-state index in [0.717, 1.165) is 36.5 Å². The first-order valence-corrected chi connectivity index (χ1v) is 9.67. The highest BCUT2D eigenvalue weighted by atomic mass is 35.5. The van der Waals surface area contributed by atoms with Crippen LogP contribution in [0.5, 0.6) is 0 Å². The molecule has 6 nitrogen and oxygen atoms in total. The average molecular weight is 417 g/mol. The van der Waals surface area contributed by atoms with E-state index in [0.29, 0.717) is 21.8 Å². The van der Waals surface area contributed by atoms with Crippen molar-refractivity contribution in [1.82, 2.24) is 19.9 Å². The van der Waals surface area contributed by atoms with Crippen molar-refractivity contribution in [3.63, 3.8) is 0 Å². The van der Waals surface area contributed by atoms with Gasteiger partial charge in [0.15, 0.2) is 0 Å². The highest BCUT2D eigenvalue weighted by molar-refractivity contribution is 6.42. The lowest BCUT2D eigenvalue weighted by molar-refractivity contribution is 0.405. The number of nitrogens with zero attached hydrogens (tertiary/aromatic N) is 4. The van der Waals surface area contributed by atoms with E-state index in [1.807, 2.05) is 24.3 Å². The third kappa shape index (κ3) is 5.79. The number of hydrogen-bond donors (Lipinski definition) is 2. The molecule has 3 aromatic rings. The van der Waals surface area contributed by atoms with Gasteiger partial charge in [0.1, 0.15) is 5.82 Å². The van der Waals surface area contributed by atoms with Crippen molar-refractivity contribution in [2.75, 3.05) is 37.8 Å². The van der Waals surface area contributed by atoms with Gasteiger partial charge >= 0.3 is 0 Å². The van der Waals surface area contributed by atoms with Crippen LogP contribution in [-0.4, -0.2) is 47.0 Å². The van der Waals surface area contributed by atoms with Crippen molar-refractivity contribution >= 4 is 40.7 Å². The van der Waals surface area contributed by atoms with Crippen LogP contribution in [0.4, 0.5) is 17.5 Å². The first-order chi connectivity index (χ1) is 13.5. The topological polar surface area (TPSA) is 66.0 Å². The summed E-state index contributed by atoms with van der Waals surface area (Å²) >= 11 is 12.1. The number of rotatable bonds is 8. The predicted molar refractivity (Wildman–Crippen MR) is 117 cm³/mol. The SMILES string of the molecule is CN(C)CCCNc1nc(Nc2ccc(Cl)c(Cl)c2)cc(-c2ccncc2)n1. The molecule has 2 aromatic heterocycles. The molecule has 0 saturated carbocycles. The number of halogens is 2. The zero-order valence-corrected chi connectivity index (χ0v) is 17.3. The van der Waals surface area contributed by atoms with E-state index in [4.69, 9.17) is 23.2 Å². The third-order valence-corrected chi connectivity index (χ3v) is 4.70. The number of benzene rings is 1. The molecule has 0 aliphatic heterocycles. The van der Waals surface area contributed by atoms with Crippen molar-refractivity contribution in [2.45, 2.75) is 6.42 Å². The van der Waals surface area contributed by atoms with Gasteiger partial charge in [-0.15, -0.1) is 0 Å². The number of aromatic nitrogens is 3. The normalized spacial score (nSPS) is 10.9. The van der Waals surface area contributed by atoms with E-state index in [2.05, 4.69) is 44.6 Å². The molecule has 146 valence electrons. The maximum atomic E-state index is 6.12. The average Bonchev–Trinajstić information content (AvgIpc) is 2.68. The van der Waals surface area contributed by atoms with Gasteiger partial charge in [0.05, 0.1) is 15.7 Å². The van der Waals surface area contributed by atoms with Crippen LogP contribution in [0, 0.1) is 0 Å². The third-order valence-electron chi connectivity index (χ3n) is 3.96. The summed E-state index contributed by atoms with van der Waals surface area (Å²) in [6.45, 7) is 1.77. The molecule has 0 unspecified atom stereocenters. The van der Waals surface area contributed by atoms with E-state index in [9.17, 15) is 0 Å². The van der Waals surface area contributed by atoms with Crippen molar-refractivity contribution < 1.29 is 0 Å². The summed E-state index contributed by atoms with van der Waals surface area (Å²) in [6, 6.07) is 11.1. The van der Waals surface area contributed by atoms with Gasteiger partial charge in [0.2, 0.25) is 5.95 Å². The molecule has 3 rings (SSSR count). The van der Waals surface area contributed by atoms with E-state index in [1.54, 1.807) is 24.5 Å². The molecule has 8 heteroatoms. The summed E-state index contributed by atoms with van der Waals surface area (Å²) in [4.78, 5) is 15.4.